The molecule has 0 aliphatic rings. The minimum Gasteiger partial charge on any atom is -0.497 e. The lowest BCUT2D eigenvalue weighted by Gasteiger charge is -2.08. The second-order valence-corrected chi connectivity index (χ2v) is 5.66. The van der Waals surface area contributed by atoms with Crippen molar-refractivity contribution >= 4 is 5.52 Å². The number of rotatable bonds is 5. The number of imidazole rings is 1. The zero-order chi connectivity index (χ0) is 16.4. The van der Waals surface area contributed by atoms with Crippen molar-refractivity contribution in [2.24, 2.45) is 0 Å². The number of ether oxygens (including phenoxy) is 1. The number of nitrogens with zero attached hydrogens (tertiary/aromatic N) is 3. The number of aryl methyl sites for hydroxylation is 2. The average molecular weight is 311 g/mol. The van der Waals surface area contributed by atoms with Crippen molar-refractivity contribution in [2.45, 2.75) is 33.2 Å². The van der Waals surface area contributed by atoms with Crippen LogP contribution in [0.15, 0.2) is 41.5 Å². The highest BCUT2D eigenvalue weighted by atomic mass is 16.5. The molecule has 3 aromatic rings. The van der Waals surface area contributed by atoms with Crippen LogP contribution < -0.4 is 10.3 Å². The van der Waals surface area contributed by atoms with E-state index < -0.39 is 0 Å². The molecule has 23 heavy (non-hydrogen) atoms. The number of fused-ring (bicyclic) bond motifs is 1. The summed E-state index contributed by atoms with van der Waals surface area (Å²) in [6.45, 7) is 4.54. The van der Waals surface area contributed by atoms with E-state index >= 15 is 0 Å². The Kier molecular flexibility index (Phi) is 4.19. The minimum absolute atomic E-state index is 0.00401. The maximum absolute atomic E-state index is 12.8. The zero-order valence-corrected chi connectivity index (χ0v) is 13.7. The maximum atomic E-state index is 12.8. The second-order valence-electron chi connectivity index (χ2n) is 5.66. The lowest BCUT2D eigenvalue weighted by Crippen LogP contribution is -2.22. The van der Waals surface area contributed by atoms with Gasteiger partial charge in [0.2, 0.25) is 0 Å². The van der Waals surface area contributed by atoms with Gasteiger partial charge in [0.25, 0.3) is 5.56 Å². The zero-order valence-electron chi connectivity index (χ0n) is 13.7. The van der Waals surface area contributed by atoms with Crippen LogP contribution in [0.5, 0.6) is 5.75 Å². The Morgan fingerprint density at radius 3 is 2.57 bits per heavy atom. The topological polar surface area (TPSA) is 48.5 Å². The van der Waals surface area contributed by atoms with Crippen LogP contribution in [0.3, 0.4) is 0 Å². The quantitative estimate of drug-likeness (QED) is 0.728. The number of benzene rings is 1. The van der Waals surface area contributed by atoms with Crippen LogP contribution in [0.25, 0.3) is 5.52 Å². The van der Waals surface area contributed by atoms with E-state index in [1.807, 2.05) is 48.0 Å². The van der Waals surface area contributed by atoms with E-state index in [4.69, 9.17) is 4.74 Å². The van der Waals surface area contributed by atoms with Crippen LogP contribution in [-0.4, -0.2) is 21.1 Å². The van der Waals surface area contributed by atoms with Crippen LogP contribution in [0.1, 0.15) is 30.4 Å². The third-order valence-electron chi connectivity index (χ3n) is 4.00. The van der Waals surface area contributed by atoms with Gasteiger partial charge in [-0.15, -0.1) is 0 Å². The Morgan fingerprint density at radius 2 is 1.91 bits per heavy atom. The molecule has 0 amide bonds. The summed E-state index contributed by atoms with van der Waals surface area (Å²) >= 11 is 0. The Balaban J connectivity index is 2.00. The van der Waals surface area contributed by atoms with Crippen LogP contribution in [0, 0.1) is 6.92 Å². The molecule has 0 spiro atoms. The Hall–Kier alpha value is -2.56. The molecular formula is C18H21N3O2. The fraction of sp³-hybridized carbons (Fsp3) is 0.333. The number of hydrogen-bond acceptors (Lipinski definition) is 3. The van der Waals surface area contributed by atoms with Crippen molar-refractivity contribution in [3.8, 4) is 5.75 Å². The van der Waals surface area contributed by atoms with Gasteiger partial charge in [-0.2, -0.15) is 0 Å². The highest BCUT2D eigenvalue weighted by Crippen LogP contribution is 2.13. The monoisotopic (exact) mass is 311 g/mol. The molecule has 5 nitrogen and oxygen atoms in total. The summed E-state index contributed by atoms with van der Waals surface area (Å²) < 4.78 is 8.81. The SMILES string of the molecule is CCCc1nc(C)c2c(=O)n(Cc3ccc(OC)cc3)ccn12. The fourth-order valence-corrected chi connectivity index (χ4v) is 2.83. The van der Waals surface area contributed by atoms with E-state index in [0.717, 1.165) is 35.7 Å². The van der Waals surface area contributed by atoms with Crippen molar-refractivity contribution in [3.63, 3.8) is 0 Å². The van der Waals surface area contributed by atoms with Gasteiger partial charge in [0, 0.05) is 18.8 Å². The molecule has 0 atom stereocenters. The Morgan fingerprint density at radius 1 is 1.17 bits per heavy atom. The first kappa shape index (κ1) is 15.3. The lowest BCUT2D eigenvalue weighted by atomic mass is 10.2. The highest BCUT2D eigenvalue weighted by Gasteiger charge is 2.12. The van der Waals surface area contributed by atoms with Crippen LogP contribution in [0.4, 0.5) is 0 Å². The Labute approximate surface area is 135 Å². The van der Waals surface area contributed by atoms with Crippen molar-refractivity contribution < 1.29 is 4.74 Å². The summed E-state index contributed by atoms with van der Waals surface area (Å²) in [6, 6.07) is 7.76. The number of methoxy groups -OCH3 is 1. The molecule has 2 heterocycles. The third kappa shape index (κ3) is 2.86. The molecule has 2 aromatic heterocycles. The largest absolute Gasteiger partial charge is 0.497 e. The van der Waals surface area contributed by atoms with Gasteiger partial charge in [0.15, 0.2) is 0 Å². The first-order valence-electron chi connectivity index (χ1n) is 7.84. The minimum atomic E-state index is -0.00401. The van der Waals surface area contributed by atoms with Crippen LogP contribution >= 0.6 is 0 Å². The molecule has 0 aliphatic carbocycles. The molecule has 0 aliphatic heterocycles. The summed E-state index contributed by atoms with van der Waals surface area (Å²) in [7, 11) is 1.64. The molecule has 5 heteroatoms. The van der Waals surface area contributed by atoms with E-state index in [-0.39, 0.29) is 5.56 Å². The molecule has 0 saturated carbocycles. The van der Waals surface area contributed by atoms with E-state index in [1.165, 1.54) is 0 Å². The second kappa shape index (κ2) is 6.28. The van der Waals surface area contributed by atoms with Crippen molar-refractivity contribution in [1.29, 1.82) is 0 Å². The van der Waals surface area contributed by atoms with E-state index in [0.29, 0.717) is 12.1 Å². The molecule has 0 bridgehead atoms. The molecule has 0 fully saturated rings. The fourth-order valence-electron chi connectivity index (χ4n) is 2.83. The van der Waals surface area contributed by atoms with Gasteiger partial charge >= 0.3 is 0 Å². The molecule has 3 rings (SSSR count). The highest BCUT2D eigenvalue weighted by molar-refractivity contribution is 5.51. The lowest BCUT2D eigenvalue weighted by molar-refractivity contribution is 0.414. The van der Waals surface area contributed by atoms with E-state index in [9.17, 15) is 4.79 Å². The molecule has 0 unspecified atom stereocenters. The predicted molar refractivity (Wildman–Crippen MR) is 90.3 cm³/mol. The summed E-state index contributed by atoms with van der Waals surface area (Å²) in [6.07, 6.45) is 5.65. The predicted octanol–water partition coefficient (Wildman–Crippen LogP) is 2.81. The number of hydrogen-bond donors (Lipinski definition) is 0. The van der Waals surface area contributed by atoms with Gasteiger partial charge in [0.1, 0.15) is 17.1 Å². The number of aromatic nitrogens is 3. The smallest absolute Gasteiger partial charge is 0.277 e. The summed E-state index contributed by atoms with van der Waals surface area (Å²) in [4.78, 5) is 17.3. The summed E-state index contributed by atoms with van der Waals surface area (Å²) in [5.41, 5.74) is 2.52. The van der Waals surface area contributed by atoms with Gasteiger partial charge in [-0.3, -0.25) is 9.20 Å². The van der Waals surface area contributed by atoms with Gasteiger partial charge in [0.05, 0.1) is 19.3 Å². The Bertz CT molecular complexity index is 876. The third-order valence-corrected chi connectivity index (χ3v) is 4.00. The van der Waals surface area contributed by atoms with Gasteiger partial charge in [-0.05, 0) is 31.0 Å². The van der Waals surface area contributed by atoms with Gasteiger partial charge in [-0.1, -0.05) is 19.1 Å². The van der Waals surface area contributed by atoms with Crippen molar-refractivity contribution in [2.75, 3.05) is 7.11 Å². The molecular weight excluding hydrogens is 290 g/mol. The molecule has 0 saturated heterocycles. The summed E-state index contributed by atoms with van der Waals surface area (Å²) in [5.74, 6) is 1.76. The first-order valence-corrected chi connectivity index (χ1v) is 7.84. The normalized spacial score (nSPS) is 11.1. The average Bonchev–Trinajstić information content (AvgIpc) is 2.88. The van der Waals surface area contributed by atoms with Crippen molar-refractivity contribution in [1.82, 2.24) is 14.0 Å². The standard InChI is InChI=1S/C18H21N3O2/c1-4-5-16-19-13(2)17-18(22)20(10-11-21(16)17)12-14-6-8-15(23-3)9-7-14/h6-11H,4-5,12H2,1-3H3. The molecule has 120 valence electrons. The van der Waals surface area contributed by atoms with Gasteiger partial charge < -0.3 is 9.30 Å². The van der Waals surface area contributed by atoms with E-state index in [1.54, 1.807) is 11.7 Å². The van der Waals surface area contributed by atoms with Crippen molar-refractivity contribution in [3.05, 3.63) is 64.1 Å². The molecule has 1 aromatic carbocycles. The molecule has 0 radical (unpaired) electrons. The van der Waals surface area contributed by atoms with Crippen LogP contribution in [-0.2, 0) is 13.0 Å². The van der Waals surface area contributed by atoms with E-state index in [2.05, 4.69) is 11.9 Å². The van der Waals surface area contributed by atoms with Crippen LogP contribution in [0.2, 0.25) is 0 Å². The maximum Gasteiger partial charge on any atom is 0.277 e. The molecule has 0 N–H and O–H groups in total. The van der Waals surface area contributed by atoms with Gasteiger partial charge in [-0.25, -0.2) is 4.98 Å². The summed E-state index contributed by atoms with van der Waals surface area (Å²) in [5, 5.41) is 0. The first-order chi connectivity index (χ1) is 11.1.